The molecule has 0 aromatic rings. The fraction of sp³-hybridized carbons (Fsp3) is 0.900. The van der Waals surface area contributed by atoms with Crippen LogP contribution in [0.25, 0.3) is 0 Å². The van der Waals surface area contributed by atoms with E-state index in [9.17, 15) is 4.79 Å². The maximum atomic E-state index is 10.7. The molecule has 1 aliphatic heterocycles. The lowest BCUT2D eigenvalue weighted by Crippen LogP contribution is -2.45. The minimum atomic E-state index is -0.676. The Hall–Kier alpha value is -0.570. The van der Waals surface area contributed by atoms with Crippen LogP contribution in [-0.4, -0.2) is 36.1 Å². The van der Waals surface area contributed by atoms with E-state index in [1.807, 2.05) is 0 Å². The Labute approximate surface area is 79.7 Å². The maximum Gasteiger partial charge on any atom is 0.303 e. The van der Waals surface area contributed by atoms with Crippen LogP contribution < -0.4 is 0 Å². The molecule has 1 fully saturated rings. The second-order valence-electron chi connectivity index (χ2n) is 4.65. The summed E-state index contributed by atoms with van der Waals surface area (Å²) in [5.74, 6) is -0.163. The number of hydrogen-bond acceptors (Lipinski definition) is 2. The minimum Gasteiger partial charge on any atom is -0.481 e. The molecule has 2 unspecified atom stereocenters. The Morgan fingerprint density at radius 3 is 2.85 bits per heavy atom. The van der Waals surface area contributed by atoms with Crippen LogP contribution in [0.3, 0.4) is 0 Å². The molecule has 0 spiro atoms. The van der Waals surface area contributed by atoms with Gasteiger partial charge < -0.3 is 10.0 Å². The van der Waals surface area contributed by atoms with E-state index in [0.717, 1.165) is 19.5 Å². The van der Waals surface area contributed by atoms with Crippen LogP contribution in [0.2, 0.25) is 0 Å². The zero-order chi connectivity index (χ0) is 10.1. The normalized spacial score (nSPS) is 36.1. The van der Waals surface area contributed by atoms with E-state index < -0.39 is 5.97 Å². The van der Waals surface area contributed by atoms with Crippen LogP contribution in [0.5, 0.6) is 0 Å². The van der Waals surface area contributed by atoms with Gasteiger partial charge in [-0.15, -0.1) is 0 Å². The fourth-order valence-electron chi connectivity index (χ4n) is 2.19. The van der Waals surface area contributed by atoms with Crippen molar-refractivity contribution in [2.45, 2.75) is 26.7 Å². The van der Waals surface area contributed by atoms with E-state index in [0.29, 0.717) is 12.3 Å². The van der Waals surface area contributed by atoms with E-state index >= 15 is 0 Å². The van der Waals surface area contributed by atoms with E-state index in [1.54, 1.807) is 0 Å². The molecule has 13 heavy (non-hydrogen) atoms. The number of carboxylic acids is 1. The second kappa shape index (κ2) is 3.66. The van der Waals surface area contributed by atoms with Crippen molar-refractivity contribution in [2.75, 3.05) is 20.1 Å². The molecule has 1 aliphatic rings. The molecule has 0 radical (unpaired) electrons. The molecular weight excluding hydrogens is 166 g/mol. The first-order chi connectivity index (χ1) is 5.94. The van der Waals surface area contributed by atoms with E-state index in [-0.39, 0.29) is 5.41 Å². The van der Waals surface area contributed by atoms with Crippen molar-refractivity contribution in [2.24, 2.45) is 11.3 Å². The number of carboxylic acid groups (broad SMARTS) is 1. The number of rotatable bonds is 2. The summed E-state index contributed by atoms with van der Waals surface area (Å²) in [6.07, 6.45) is 1.40. The van der Waals surface area contributed by atoms with Gasteiger partial charge >= 0.3 is 5.97 Å². The molecule has 0 aromatic heterocycles. The molecule has 1 saturated heterocycles. The highest BCUT2D eigenvalue weighted by atomic mass is 16.4. The molecule has 1 N–H and O–H groups in total. The van der Waals surface area contributed by atoms with E-state index in [4.69, 9.17) is 5.11 Å². The van der Waals surface area contributed by atoms with Gasteiger partial charge in [0.2, 0.25) is 0 Å². The molecule has 0 bridgehead atoms. The zero-order valence-electron chi connectivity index (χ0n) is 8.71. The average Bonchev–Trinajstić information content (AvgIpc) is 1.95. The van der Waals surface area contributed by atoms with Crippen molar-refractivity contribution in [3.05, 3.63) is 0 Å². The van der Waals surface area contributed by atoms with Gasteiger partial charge in [0.1, 0.15) is 0 Å². The van der Waals surface area contributed by atoms with Gasteiger partial charge in [-0.05, 0) is 31.3 Å². The first kappa shape index (κ1) is 10.5. The largest absolute Gasteiger partial charge is 0.481 e. The van der Waals surface area contributed by atoms with Gasteiger partial charge in [-0.2, -0.15) is 0 Å². The summed E-state index contributed by atoms with van der Waals surface area (Å²) in [7, 11) is 2.06. The molecule has 1 rings (SSSR count). The number of carbonyl (C=O) groups is 1. The third-order valence-corrected chi connectivity index (χ3v) is 3.32. The molecule has 1 heterocycles. The summed E-state index contributed by atoms with van der Waals surface area (Å²) in [6.45, 7) is 6.24. The predicted octanol–water partition coefficient (Wildman–Crippen LogP) is 1.44. The summed E-state index contributed by atoms with van der Waals surface area (Å²) >= 11 is 0. The van der Waals surface area contributed by atoms with Crippen molar-refractivity contribution in [3.63, 3.8) is 0 Å². The Morgan fingerprint density at radius 2 is 2.31 bits per heavy atom. The van der Waals surface area contributed by atoms with Crippen LogP contribution in [-0.2, 0) is 4.79 Å². The van der Waals surface area contributed by atoms with E-state index in [1.165, 1.54) is 0 Å². The highest BCUT2D eigenvalue weighted by molar-refractivity contribution is 5.67. The van der Waals surface area contributed by atoms with Crippen LogP contribution in [0, 0.1) is 11.3 Å². The van der Waals surface area contributed by atoms with Gasteiger partial charge in [0.05, 0.1) is 6.42 Å². The van der Waals surface area contributed by atoms with Gasteiger partial charge in [-0.25, -0.2) is 0 Å². The summed E-state index contributed by atoms with van der Waals surface area (Å²) in [5.41, 5.74) is -0.0428. The topological polar surface area (TPSA) is 40.5 Å². The predicted molar refractivity (Wildman–Crippen MR) is 51.6 cm³/mol. The lowest BCUT2D eigenvalue weighted by molar-refractivity contribution is -0.141. The summed E-state index contributed by atoms with van der Waals surface area (Å²) in [5, 5.41) is 8.82. The number of nitrogens with zero attached hydrogens (tertiary/aromatic N) is 1. The van der Waals surface area contributed by atoms with E-state index in [2.05, 4.69) is 25.8 Å². The number of likely N-dealkylation sites (tertiary alicyclic amines) is 1. The Kier molecular flexibility index (Phi) is 2.96. The summed E-state index contributed by atoms with van der Waals surface area (Å²) < 4.78 is 0. The second-order valence-corrected chi connectivity index (χ2v) is 4.65. The van der Waals surface area contributed by atoms with Gasteiger partial charge in [-0.1, -0.05) is 13.8 Å². The Balaban J connectivity index is 2.66. The van der Waals surface area contributed by atoms with Gasteiger partial charge in [-0.3, -0.25) is 4.79 Å². The van der Waals surface area contributed by atoms with Crippen LogP contribution in [0.1, 0.15) is 26.7 Å². The number of hydrogen-bond donors (Lipinski definition) is 1. The van der Waals surface area contributed by atoms with Gasteiger partial charge in [0, 0.05) is 6.54 Å². The highest BCUT2D eigenvalue weighted by Crippen LogP contribution is 2.37. The first-order valence-corrected chi connectivity index (χ1v) is 4.84. The van der Waals surface area contributed by atoms with Crippen LogP contribution in [0.15, 0.2) is 0 Å². The first-order valence-electron chi connectivity index (χ1n) is 4.84. The minimum absolute atomic E-state index is 0.0428. The monoisotopic (exact) mass is 185 g/mol. The van der Waals surface area contributed by atoms with Gasteiger partial charge in [0.25, 0.3) is 0 Å². The Bertz CT molecular complexity index is 205. The van der Waals surface area contributed by atoms with Crippen molar-refractivity contribution >= 4 is 5.97 Å². The summed E-state index contributed by atoms with van der Waals surface area (Å²) in [6, 6.07) is 0. The van der Waals surface area contributed by atoms with Crippen molar-refractivity contribution in [1.82, 2.24) is 4.90 Å². The molecule has 2 atom stereocenters. The molecule has 3 heteroatoms. The lowest BCUT2D eigenvalue weighted by atomic mass is 9.71. The third-order valence-electron chi connectivity index (χ3n) is 3.32. The molecule has 3 nitrogen and oxygen atoms in total. The molecule has 0 saturated carbocycles. The average molecular weight is 185 g/mol. The standard InChI is InChI=1S/C10H19NO2/c1-8-4-5-11(3)7-10(8,2)6-9(12)13/h8H,4-7H2,1-3H3,(H,12,13). The molecule has 0 aromatic carbocycles. The fourth-order valence-corrected chi connectivity index (χ4v) is 2.19. The molecule has 0 aliphatic carbocycles. The molecule has 0 amide bonds. The smallest absolute Gasteiger partial charge is 0.303 e. The third kappa shape index (κ3) is 2.44. The SMILES string of the molecule is CC1CCN(C)CC1(C)CC(=O)O. The van der Waals surface area contributed by atoms with Crippen molar-refractivity contribution < 1.29 is 9.90 Å². The maximum absolute atomic E-state index is 10.7. The quantitative estimate of drug-likeness (QED) is 0.707. The number of piperidine rings is 1. The van der Waals surface area contributed by atoms with Crippen molar-refractivity contribution in [3.8, 4) is 0 Å². The molecular formula is C10H19NO2. The Morgan fingerprint density at radius 1 is 1.69 bits per heavy atom. The van der Waals surface area contributed by atoms with Crippen molar-refractivity contribution in [1.29, 1.82) is 0 Å². The number of aliphatic carboxylic acids is 1. The van der Waals surface area contributed by atoms with Crippen LogP contribution in [0.4, 0.5) is 0 Å². The molecule has 76 valence electrons. The highest BCUT2D eigenvalue weighted by Gasteiger charge is 2.37. The zero-order valence-corrected chi connectivity index (χ0v) is 8.71. The summed E-state index contributed by atoms with van der Waals surface area (Å²) in [4.78, 5) is 12.9. The lowest BCUT2D eigenvalue weighted by Gasteiger charge is -2.43. The van der Waals surface area contributed by atoms with Gasteiger partial charge in [0.15, 0.2) is 0 Å². The van der Waals surface area contributed by atoms with Crippen LogP contribution >= 0.6 is 0 Å².